The van der Waals surface area contributed by atoms with Crippen LogP contribution < -0.4 is 5.32 Å². The van der Waals surface area contributed by atoms with Gasteiger partial charge in [-0.05, 0) is 19.0 Å². The summed E-state index contributed by atoms with van der Waals surface area (Å²) in [6.45, 7) is 1.35. The summed E-state index contributed by atoms with van der Waals surface area (Å²) in [6, 6.07) is 7.00. The Balaban J connectivity index is 2.67. The normalized spacial score (nSPS) is 12.1. The molecule has 0 heterocycles. The fourth-order valence-corrected chi connectivity index (χ4v) is 1.85. The number of rotatable bonds is 6. The van der Waals surface area contributed by atoms with Crippen LogP contribution in [0, 0.1) is 11.3 Å². The van der Waals surface area contributed by atoms with Crippen LogP contribution in [-0.4, -0.2) is 20.3 Å². The summed E-state index contributed by atoms with van der Waals surface area (Å²) < 4.78 is 4.94. The Hall–Kier alpha value is -0.790. The molecule has 0 aliphatic carbocycles. The minimum atomic E-state index is -0.446. The van der Waals surface area contributed by atoms with Crippen LogP contribution in [0.2, 0.25) is 10.0 Å². The van der Waals surface area contributed by atoms with Crippen molar-refractivity contribution in [1.82, 2.24) is 5.32 Å². The van der Waals surface area contributed by atoms with Crippen LogP contribution >= 0.6 is 23.2 Å². The van der Waals surface area contributed by atoms with Gasteiger partial charge in [0.15, 0.2) is 0 Å². The minimum Gasteiger partial charge on any atom is -0.385 e. The van der Waals surface area contributed by atoms with Crippen LogP contribution in [0.3, 0.4) is 0 Å². The van der Waals surface area contributed by atoms with E-state index in [1.807, 2.05) is 0 Å². The minimum absolute atomic E-state index is 0.431. The molecule has 0 amide bonds. The summed E-state index contributed by atoms with van der Waals surface area (Å²) in [7, 11) is 1.65. The molecule has 1 aromatic rings. The maximum Gasteiger partial charge on any atom is 0.122 e. The van der Waals surface area contributed by atoms with Crippen molar-refractivity contribution in [2.24, 2.45) is 0 Å². The molecule has 0 fully saturated rings. The number of nitrogens with one attached hydrogen (secondary N) is 1. The molecular formula is C12H14Cl2N2O. The van der Waals surface area contributed by atoms with E-state index in [1.54, 1.807) is 25.3 Å². The van der Waals surface area contributed by atoms with Crippen molar-refractivity contribution in [1.29, 1.82) is 5.26 Å². The predicted octanol–water partition coefficient (Wildman–Crippen LogP) is 3.18. The molecule has 1 unspecified atom stereocenters. The summed E-state index contributed by atoms with van der Waals surface area (Å²) >= 11 is 12.0. The second-order valence-corrected chi connectivity index (χ2v) is 4.29. The molecule has 0 bridgehead atoms. The van der Waals surface area contributed by atoms with E-state index in [1.165, 1.54) is 0 Å². The van der Waals surface area contributed by atoms with Crippen LogP contribution in [0.4, 0.5) is 0 Å². The lowest BCUT2D eigenvalue weighted by Gasteiger charge is -2.13. The standard InChI is InChI=1S/C12H14Cl2N2O/c1-17-7-3-6-16-11(8-15)9-4-2-5-10(13)12(9)14/h2,4-5,11,16H,3,6-7H2,1H3. The Morgan fingerprint density at radius 3 is 2.88 bits per heavy atom. The van der Waals surface area contributed by atoms with E-state index < -0.39 is 6.04 Å². The highest BCUT2D eigenvalue weighted by Gasteiger charge is 2.14. The monoisotopic (exact) mass is 272 g/mol. The molecule has 1 aromatic carbocycles. The maximum atomic E-state index is 9.11. The third-order valence-electron chi connectivity index (χ3n) is 2.30. The molecule has 5 heteroatoms. The molecule has 0 spiro atoms. The van der Waals surface area contributed by atoms with Gasteiger partial charge < -0.3 is 4.74 Å². The van der Waals surface area contributed by atoms with E-state index in [0.29, 0.717) is 28.8 Å². The zero-order valence-electron chi connectivity index (χ0n) is 9.54. The molecular weight excluding hydrogens is 259 g/mol. The smallest absolute Gasteiger partial charge is 0.122 e. The molecule has 92 valence electrons. The number of methoxy groups -OCH3 is 1. The number of hydrogen-bond acceptors (Lipinski definition) is 3. The first-order valence-electron chi connectivity index (χ1n) is 5.26. The number of nitriles is 1. The number of halogens is 2. The highest BCUT2D eigenvalue weighted by atomic mass is 35.5. The van der Waals surface area contributed by atoms with Crippen LogP contribution in [0.1, 0.15) is 18.0 Å². The lowest BCUT2D eigenvalue weighted by atomic mass is 10.1. The number of hydrogen-bond donors (Lipinski definition) is 1. The van der Waals surface area contributed by atoms with Crippen molar-refractivity contribution < 1.29 is 4.74 Å². The highest BCUT2D eigenvalue weighted by Crippen LogP contribution is 2.29. The van der Waals surface area contributed by atoms with Crippen LogP contribution in [0.15, 0.2) is 18.2 Å². The van der Waals surface area contributed by atoms with Gasteiger partial charge >= 0.3 is 0 Å². The lowest BCUT2D eigenvalue weighted by Crippen LogP contribution is -2.22. The second-order valence-electron chi connectivity index (χ2n) is 3.51. The second kappa shape index (κ2) is 7.52. The van der Waals surface area contributed by atoms with Crippen molar-refractivity contribution >= 4 is 23.2 Å². The van der Waals surface area contributed by atoms with Crippen LogP contribution in [0.25, 0.3) is 0 Å². The van der Waals surface area contributed by atoms with Crippen LogP contribution in [0.5, 0.6) is 0 Å². The van der Waals surface area contributed by atoms with Gasteiger partial charge in [0.2, 0.25) is 0 Å². The van der Waals surface area contributed by atoms with Crippen molar-refractivity contribution in [2.75, 3.05) is 20.3 Å². The first kappa shape index (κ1) is 14.3. The van der Waals surface area contributed by atoms with Crippen molar-refractivity contribution in [3.63, 3.8) is 0 Å². The summed E-state index contributed by atoms with van der Waals surface area (Å²) in [6.07, 6.45) is 0.840. The average Bonchev–Trinajstić information content (AvgIpc) is 2.34. The number of ether oxygens (including phenoxy) is 1. The van der Waals surface area contributed by atoms with E-state index in [0.717, 1.165) is 6.42 Å². The van der Waals surface area contributed by atoms with E-state index in [-0.39, 0.29) is 0 Å². The van der Waals surface area contributed by atoms with E-state index in [9.17, 15) is 0 Å². The average molecular weight is 273 g/mol. The fourth-order valence-electron chi connectivity index (χ4n) is 1.43. The third-order valence-corrected chi connectivity index (χ3v) is 3.13. The Morgan fingerprint density at radius 1 is 1.47 bits per heavy atom. The van der Waals surface area contributed by atoms with E-state index in [2.05, 4.69) is 11.4 Å². The molecule has 17 heavy (non-hydrogen) atoms. The molecule has 0 radical (unpaired) electrons. The molecule has 3 nitrogen and oxygen atoms in total. The topological polar surface area (TPSA) is 45.0 Å². The highest BCUT2D eigenvalue weighted by molar-refractivity contribution is 6.42. The number of benzene rings is 1. The summed E-state index contributed by atoms with van der Waals surface area (Å²) in [5.74, 6) is 0. The van der Waals surface area contributed by atoms with Gasteiger partial charge in [-0.2, -0.15) is 5.26 Å². The SMILES string of the molecule is COCCCNC(C#N)c1cccc(Cl)c1Cl. The Kier molecular flexibility index (Phi) is 6.31. The summed E-state index contributed by atoms with van der Waals surface area (Å²) in [4.78, 5) is 0. The van der Waals surface area contributed by atoms with Crippen LogP contribution in [-0.2, 0) is 4.74 Å². The van der Waals surface area contributed by atoms with Gasteiger partial charge in [-0.3, -0.25) is 5.32 Å². The van der Waals surface area contributed by atoms with Gasteiger partial charge in [-0.15, -0.1) is 0 Å². The molecule has 0 aromatic heterocycles. The summed E-state index contributed by atoms with van der Waals surface area (Å²) in [5, 5.41) is 13.1. The number of nitrogens with zero attached hydrogens (tertiary/aromatic N) is 1. The molecule has 1 rings (SSSR count). The van der Waals surface area contributed by atoms with Gasteiger partial charge in [-0.1, -0.05) is 35.3 Å². The lowest BCUT2D eigenvalue weighted by molar-refractivity contribution is 0.194. The first-order chi connectivity index (χ1) is 8.20. The zero-order valence-corrected chi connectivity index (χ0v) is 11.1. The predicted molar refractivity (Wildman–Crippen MR) is 69.3 cm³/mol. The molecule has 0 saturated carbocycles. The molecule has 0 aliphatic heterocycles. The quantitative estimate of drug-likeness (QED) is 0.809. The Morgan fingerprint density at radius 2 is 2.24 bits per heavy atom. The van der Waals surface area contributed by atoms with E-state index >= 15 is 0 Å². The van der Waals surface area contributed by atoms with Crippen molar-refractivity contribution in [3.05, 3.63) is 33.8 Å². The fraction of sp³-hybridized carbons (Fsp3) is 0.417. The van der Waals surface area contributed by atoms with Crippen molar-refractivity contribution in [3.8, 4) is 6.07 Å². The Labute approximate surface area is 111 Å². The van der Waals surface area contributed by atoms with Gasteiger partial charge in [-0.25, -0.2) is 0 Å². The Bertz CT molecular complexity index is 404. The third kappa shape index (κ3) is 4.18. The van der Waals surface area contributed by atoms with E-state index in [4.69, 9.17) is 33.2 Å². The molecule has 0 aliphatic rings. The van der Waals surface area contributed by atoms with Gasteiger partial charge in [0.25, 0.3) is 0 Å². The molecule has 0 saturated heterocycles. The van der Waals surface area contributed by atoms with Gasteiger partial charge in [0, 0.05) is 19.3 Å². The largest absolute Gasteiger partial charge is 0.385 e. The molecule has 1 N–H and O–H groups in total. The van der Waals surface area contributed by atoms with Gasteiger partial charge in [0.1, 0.15) is 6.04 Å². The maximum absolute atomic E-state index is 9.11. The van der Waals surface area contributed by atoms with Gasteiger partial charge in [0.05, 0.1) is 16.1 Å². The first-order valence-corrected chi connectivity index (χ1v) is 6.02. The zero-order chi connectivity index (χ0) is 12.7. The summed E-state index contributed by atoms with van der Waals surface area (Å²) in [5.41, 5.74) is 0.707. The van der Waals surface area contributed by atoms with Crippen molar-refractivity contribution in [2.45, 2.75) is 12.5 Å². The molecule has 1 atom stereocenters.